The molecule has 0 spiro atoms. The van der Waals surface area contributed by atoms with Crippen LogP contribution in [0.3, 0.4) is 0 Å². The van der Waals surface area contributed by atoms with Crippen LogP contribution in [0, 0.1) is 37.0 Å². The van der Waals surface area contributed by atoms with Gasteiger partial charge in [-0.15, -0.1) is 0 Å². The lowest BCUT2D eigenvalue weighted by Gasteiger charge is -2.59. The summed E-state index contributed by atoms with van der Waals surface area (Å²) in [6.45, 7) is 8.29. The van der Waals surface area contributed by atoms with E-state index in [0.717, 1.165) is 34.6 Å². The van der Waals surface area contributed by atoms with E-state index in [9.17, 15) is 9.59 Å². The van der Waals surface area contributed by atoms with Crippen molar-refractivity contribution in [3.8, 4) is 0 Å². The topological polar surface area (TPSA) is 71.2 Å². The molecule has 1 aromatic heterocycles. The van der Waals surface area contributed by atoms with E-state index >= 15 is 0 Å². The van der Waals surface area contributed by atoms with Crippen molar-refractivity contribution >= 4 is 11.9 Å². The second kappa shape index (κ2) is 7.81. The molecular formula is C24H36N2O3. The SMILES string of the molecule is CCOC(=O)c1[nH]c(C)c(CCC(=O)NC(C)C23CC4CC(CC(C4)C2)C3)c1C. The maximum atomic E-state index is 12.8. The fraction of sp³-hybridized carbons (Fsp3) is 0.750. The maximum Gasteiger partial charge on any atom is 0.355 e. The normalized spacial score (nSPS) is 31.0. The smallest absolute Gasteiger partial charge is 0.355 e. The van der Waals surface area contributed by atoms with Gasteiger partial charge in [-0.3, -0.25) is 4.79 Å². The summed E-state index contributed by atoms with van der Waals surface area (Å²) in [4.78, 5) is 28.0. The van der Waals surface area contributed by atoms with Crippen molar-refractivity contribution in [1.82, 2.24) is 10.3 Å². The molecule has 4 bridgehead atoms. The number of aromatic amines is 1. The first-order valence-corrected chi connectivity index (χ1v) is 11.5. The van der Waals surface area contributed by atoms with Crippen molar-refractivity contribution in [2.75, 3.05) is 6.61 Å². The van der Waals surface area contributed by atoms with Gasteiger partial charge < -0.3 is 15.0 Å². The second-order valence-electron chi connectivity index (χ2n) is 10.0. The van der Waals surface area contributed by atoms with Crippen LogP contribution in [0.15, 0.2) is 0 Å². The van der Waals surface area contributed by atoms with Crippen LogP contribution in [0.25, 0.3) is 0 Å². The molecule has 2 N–H and O–H groups in total. The third-order valence-corrected chi connectivity index (χ3v) is 8.06. The zero-order chi connectivity index (χ0) is 20.8. The van der Waals surface area contributed by atoms with Crippen molar-refractivity contribution in [3.63, 3.8) is 0 Å². The number of amides is 1. The Morgan fingerprint density at radius 2 is 1.72 bits per heavy atom. The number of H-pyrrole nitrogens is 1. The van der Waals surface area contributed by atoms with Crippen molar-refractivity contribution in [3.05, 3.63) is 22.5 Å². The van der Waals surface area contributed by atoms with Crippen LogP contribution in [-0.2, 0) is 16.0 Å². The molecule has 4 aliphatic carbocycles. The molecule has 5 heteroatoms. The third kappa shape index (κ3) is 3.85. The number of hydrogen-bond donors (Lipinski definition) is 2. The van der Waals surface area contributed by atoms with Gasteiger partial charge in [0.15, 0.2) is 0 Å². The van der Waals surface area contributed by atoms with Gasteiger partial charge in [0.05, 0.1) is 6.61 Å². The monoisotopic (exact) mass is 400 g/mol. The first-order valence-electron chi connectivity index (χ1n) is 11.5. The predicted octanol–water partition coefficient (Wildman–Crippen LogP) is 4.46. The van der Waals surface area contributed by atoms with E-state index in [1.54, 1.807) is 6.92 Å². The number of hydrogen-bond acceptors (Lipinski definition) is 3. The van der Waals surface area contributed by atoms with Crippen LogP contribution in [0.5, 0.6) is 0 Å². The number of carbonyl (C=O) groups is 2. The Bertz CT molecular complexity index is 759. The van der Waals surface area contributed by atoms with Crippen LogP contribution in [0.4, 0.5) is 0 Å². The fourth-order valence-electron chi connectivity index (χ4n) is 6.98. The average Bonchev–Trinajstić information content (AvgIpc) is 2.93. The van der Waals surface area contributed by atoms with Crippen LogP contribution >= 0.6 is 0 Å². The van der Waals surface area contributed by atoms with E-state index in [1.165, 1.54) is 38.5 Å². The minimum absolute atomic E-state index is 0.130. The first-order chi connectivity index (χ1) is 13.8. The average molecular weight is 401 g/mol. The van der Waals surface area contributed by atoms with Gasteiger partial charge in [0.1, 0.15) is 5.69 Å². The number of ether oxygens (including phenoxy) is 1. The van der Waals surface area contributed by atoms with E-state index in [4.69, 9.17) is 4.74 Å². The highest BCUT2D eigenvalue weighted by atomic mass is 16.5. The summed E-state index contributed by atoms with van der Waals surface area (Å²) < 4.78 is 5.12. The highest BCUT2D eigenvalue weighted by molar-refractivity contribution is 5.90. The summed E-state index contributed by atoms with van der Waals surface area (Å²) in [6.07, 6.45) is 9.29. The maximum absolute atomic E-state index is 12.8. The Hall–Kier alpha value is -1.78. The summed E-state index contributed by atoms with van der Waals surface area (Å²) in [6, 6.07) is 0.256. The molecule has 1 amide bonds. The molecule has 4 saturated carbocycles. The van der Waals surface area contributed by atoms with Gasteiger partial charge in [0.2, 0.25) is 5.91 Å². The Morgan fingerprint density at radius 1 is 1.14 bits per heavy atom. The molecule has 29 heavy (non-hydrogen) atoms. The second-order valence-corrected chi connectivity index (χ2v) is 10.0. The minimum Gasteiger partial charge on any atom is -0.461 e. The van der Waals surface area contributed by atoms with Crippen molar-refractivity contribution in [2.24, 2.45) is 23.2 Å². The minimum atomic E-state index is -0.320. The quantitative estimate of drug-likeness (QED) is 0.664. The molecule has 1 unspecified atom stereocenters. The Morgan fingerprint density at radius 3 is 2.28 bits per heavy atom. The van der Waals surface area contributed by atoms with Gasteiger partial charge in [-0.05, 0) is 107 Å². The third-order valence-electron chi connectivity index (χ3n) is 8.06. The van der Waals surface area contributed by atoms with Gasteiger partial charge in [-0.1, -0.05) is 0 Å². The molecule has 0 saturated heterocycles. The Balaban J connectivity index is 1.36. The van der Waals surface area contributed by atoms with Gasteiger partial charge in [0, 0.05) is 18.2 Å². The zero-order valence-corrected chi connectivity index (χ0v) is 18.4. The summed E-state index contributed by atoms with van der Waals surface area (Å²) in [5.41, 5.74) is 3.77. The number of carbonyl (C=O) groups excluding carboxylic acids is 2. The molecule has 4 aliphatic rings. The molecule has 1 heterocycles. The predicted molar refractivity (Wildman–Crippen MR) is 113 cm³/mol. The van der Waals surface area contributed by atoms with E-state index in [1.807, 2.05) is 13.8 Å². The number of esters is 1. The van der Waals surface area contributed by atoms with Gasteiger partial charge >= 0.3 is 5.97 Å². The molecule has 4 fully saturated rings. The Kier molecular flexibility index (Phi) is 5.52. The van der Waals surface area contributed by atoms with Gasteiger partial charge in [0.25, 0.3) is 0 Å². The largest absolute Gasteiger partial charge is 0.461 e. The van der Waals surface area contributed by atoms with E-state index in [2.05, 4.69) is 17.2 Å². The summed E-state index contributed by atoms with van der Waals surface area (Å²) in [5, 5.41) is 3.36. The molecule has 0 radical (unpaired) electrons. The summed E-state index contributed by atoms with van der Waals surface area (Å²) in [5.74, 6) is 2.50. The van der Waals surface area contributed by atoms with E-state index in [-0.39, 0.29) is 17.9 Å². The molecule has 5 rings (SSSR count). The highest BCUT2D eigenvalue weighted by Gasteiger charge is 2.53. The molecule has 0 aliphatic heterocycles. The van der Waals surface area contributed by atoms with E-state index < -0.39 is 0 Å². The fourth-order valence-corrected chi connectivity index (χ4v) is 6.98. The number of rotatable bonds is 7. The van der Waals surface area contributed by atoms with Crippen LogP contribution in [0.1, 0.15) is 86.1 Å². The van der Waals surface area contributed by atoms with Gasteiger partial charge in [-0.25, -0.2) is 4.79 Å². The number of nitrogens with one attached hydrogen (secondary N) is 2. The van der Waals surface area contributed by atoms with Gasteiger partial charge in [-0.2, -0.15) is 0 Å². The first kappa shape index (κ1) is 20.5. The standard InChI is InChI=1S/C24H36N2O3/c1-5-29-23(28)22-14(2)20(15(3)25-22)6-7-21(27)26-16(4)24-11-17-8-18(12-24)10-19(9-17)13-24/h16-19,25H,5-13H2,1-4H3,(H,26,27). The molecule has 5 nitrogen and oxygen atoms in total. The lowest BCUT2D eigenvalue weighted by Crippen LogP contribution is -2.55. The molecule has 1 aromatic rings. The summed E-state index contributed by atoms with van der Waals surface area (Å²) >= 11 is 0. The zero-order valence-electron chi connectivity index (χ0n) is 18.4. The lowest BCUT2D eigenvalue weighted by atomic mass is 9.48. The van der Waals surface area contributed by atoms with Crippen LogP contribution < -0.4 is 5.32 Å². The van der Waals surface area contributed by atoms with Crippen LogP contribution in [0.2, 0.25) is 0 Å². The highest BCUT2D eigenvalue weighted by Crippen LogP contribution is 2.61. The van der Waals surface area contributed by atoms with Crippen molar-refractivity contribution < 1.29 is 14.3 Å². The van der Waals surface area contributed by atoms with Crippen molar-refractivity contribution in [2.45, 2.75) is 85.1 Å². The summed E-state index contributed by atoms with van der Waals surface area (Å²) in [7, 11) is 0. The number of aryl methyl sites for hydroxylation is 1. The molecule has 160 valence electrons. The molecular weight excluding hydrogens is 364 g/mol. The Labute approximate surface area is 174 Å². The lowest BCUT2D eigenvalue weighted by molar-refractivity contribution is -0.125. The number of aromatic nitrogens is 1. The van der Waals surface area contributed by atoms with Crippen LogP contribution in [-0.4, -0.2) is 29.5 Å². The van der Waals surface area contributed by atoms with E-state index in [0.29, 0.717) is 30.6 Å². The molecule has 1 atom stereocenters. The van der Waals surface area contributed by atoms with Crippen molar-refractivity contribution in [1.29, 1.82) is 0 Å². The molecule has 0 aromatic carbocycles.